The molecule has 1 fully saturated rings. The normalized spacial score (nSPS) is 19.8. The molecule has 0 aliphatic carbocycles. The largest absolute Gasteiger partial charge is 0.388 e. The summed E-state index contributed by atoms with van der Waals surface area (Å²) < 4.78 is 0. The highest BCUT2D eigenvalue weighted by Gasteiger charge is 2.35. The van der Waals surface area contributed by atoms with Crippen LogP contribution in [-0.4, -0.2) is 47.6 Å². The van der Waals surface area contributed by atoms with Crippen molar-refractivity contribution in [2.75, 3.05) is 30.0 Å². The summed E-state index contributed by atoms with van der Waals surface area (Å²) in [7, 11) is 0. The van der Waals surface area contributed by atoms with Gasteiger partial charge in [-0.3, -0.25) is 9.59 Å². The molecule has 2 atom stereocenters. The second-order valence-corrected chi connectivity index (χ2v) is 8.12. The molecule has 5 nitrogen and oxygen atoms in total. The maximum Gasteiger partial charge on any atom is 0.227 e. The number of amides is 2. The van der Waals surface area contributed by atoms with Crippen LogP contribution in [0, 0.1) is 19.8 Å². The average molecular weight is 365 g/mol. The Bertz CT molecular complexity index is 646. The molecule has 0 aromatic heterocycles. The minimum Gasteiger partial charge on any atom is -0.388 e. The minimum absolute atomic E-state index is 0.0300. The third-order valence-electron chi connectivity index (χ3n) is 4.79. The number of anilines is 1. The second-order valence-electron chi connectivity index (χ2n) is 7.13. The second kappa shape index (κ2) is 8.23. The van der Waals surface area contributed by atoms with Crippen LogP contribution in [0.3, 0.4) is 0 Å². The zero-order valence-corrected chi connectivity index (χ0v) is 16.3. The van der Waals surface area contributed by atoms with Crippen LogP contribution >= 0.6 is 11.8 Å². The highest BCUT2D eigenvalue weighted by Crippen LogP contribution is 2.27. The van der Waals surface area contributed by atoms with Gasteiger partial charge in [0.25, 0.3) is 0 Å². The fourth-order valence-electron chi connectivity index (χ4n) is 2.86. The number of nitrogens with one attached hydrogen (secondary N) is 1. The molecule has 25 heavy (non-hydrogen) atoms. The number of nitrogens with zero attached hydrogens (tertiary/aromatic N) is 1. The van der Waals surface area contributed by atoms with Crippen molar-refractivity contribution in [3.05, 3.63) is 29.3 Å². The minimum atomic E-state index is -0.922. The van der Waals surface area contributed by atoms with Crippen LogP contribution in [0.4, 0.5) is 5.69 Å². The SMILES string of the molecule is CSCC[C@@](C)(O)CNC(=O)[C@H]1CC(=O)N(c2ccc(C)c(C)c2)C1. The van der Waals surface area contributed by atoms with Gasteiger partial charge in [0.2, 0.25) is 11.8 Å². The molecule has 1 aliphatic heterocycles. The summed E-state index contributed by atoms with van der Waals surface area (Å²) in [4.78, 5) is 26.4. The van der Waals surface area contributed by atoms with E-state index in [0.717, 1.165) is 17.0 Å². The monoisotopic (exact) mass is 364 g/mol. The summed E-state index contributed by atoms with van der Waals surface area (Å²) >= 11 is 1.66. The van der Waals surface area contributed by atoms with Gasteiger partial charge in [-0.2, -0.15) is 11.8 Å². The summed E-state index contributed by atoms with van der Waals surface area (Å²) in [5.41, 5.74) is 2.23. The molecular weight excluding hydrogens is 336 g/mol. The molecule has 0 spiro atoms. The summed E-state index contributed by atoms with van der Waals surface area (Å²) in [5, 5.41) is 13.1. The molecule has 2 N–H and O–H groups in total. The molecule has 2 rings (SSSR count). The van der Waals surface area contributed by atoms with Crippen molar-refractivity contribution in [3.63, 3.8) is 0 Å². The Kier molecular flexibility index (Phi) is 6.52. The Hall–Kier alpha value is -1.53. The van der Waals surface area contributed by atoms with Crippen molar-refractivity contribution >= 4 is 29.3 Å². The number of carbonyl (C=O) groups excluding carboxylic acids is 2. The standard InChI is InChI=1S/C19H28N2O3S/c1-13-5-6-16(9-14(13)2)21-11-15(10-17(21)22)18(23)20-12-19(3,24)7-8-25-4/h5-6,9,15,24H,7-8,10-12H2,1-4H3,(H,20,23)/t15-,19+/m0/s1. The van der Waals surface area contributed by atoms with E-state index in [9.17, 15) is 14.7 Å². The summed E-state index contributed by atoms with van der Waals surface area (Å²) in [6.07, 6.45) is 2.82. The molecule has 0 unspecified atom stereocenters. The van der Waals surface area contributed by atoms with Gasteiger partial charge in [0.15, 0.2) is 0 Å². The molecule has 6 heteroatoms. The van der Waals surface area contributed by atoms with E-state index in [0.29, 0.717) is 13.0 Å². The lowest BCUT2D eigenvalue weighted by molar-refractivity contribution is -0.127. The van der Waals surface area contributed by atoms with E-state index < -0.39 is 5.60 Å². The van der Waals surface area contributed by atoms with Crippen LogP contribution in [0.2, 0.25) is 0 Å². The molecule has 1 aromatic rings. The van der Waals surface area contributed by atoms with Crippen molar-refractivity contribution in [3.8, 4) is 0 Å². The van der Waals surface area contributed by atoms with Gasteiger partial charge in [-0.15, -0.1) is 0 Å². The van der Waals surface area contributed by atoms with Crippen LogP contribution in [0.15, 0.2) is 18.2 Å². The Morgan fingerprint density at radius 2 is 2.12 bits per heavy atom. The van der Waals surface area contributed by atoms with E-state index >= 15 is 0 Å². The number of rotatable bonds is 7. The summed E-state index contributed by atoms with van der Waals surface area (Å²) in [5.74, 6) is 0.276. The first-order valence-electron chi connectivity index (χ1n) is 8.60. The fraction of sp³-hybridized carbons (Fsp3) is 0.579. The number of hydrogen-bond donors (Lipinski definition) is 2. The molecule has 1 heterocycles. The number of thioether (sulfide) groups is 1. The van der Waals surface area contributed by atoms with Crippen LogP contribution in [0.25, 0.3) is 0 Å². The van der Waals surface area contributed by atoms with Gasteiger partial charge in [0, 0.05) is 25.2 Å². The predicted octanol–water partition coefficient (Wildman–Crippen LogP) is 2.28. The van der Waals surface area contributed by atoms with Crippen LogP contribution < -0.4 is 10.2 Å². The van der Waals surface area contributed by atoms with Crippen LogP contribution in [0.1, 0.15) is 30.9 Å². The molecular formula is C19H28N2O3S. The maximum absolute atomic E-state index is 12.4. The molecule has 1 aromatic carbocycles. The van der Waals surface area contributed by atoms with Gasteiger partial charge in [-0.25, -0.2) is 0 Å². The molecule has 0 radical (unpaired) electrons. The quantitative estimate of drug-likeness (QED) is 0.779. The molecule has 0 saturated carbocycles. The smallest absolute Gasteiger partial charge is 0.227 e. The molecule has 1 saturated heterocycles. The lowest BCUT2D eigenvalue weighted by Crippen LogP contribution is -2.43. The van der Waals surface area contributed by atoms with Gasteiger partial charge in [-0.1, -0.05) is 6.07 Å². The zero-order valence-electron chi connectivity index (χ0n) is 15.5. The molecule has 1 aliphatic rings. The van der Waals surface area contributed by atoms with Crippen molar-refractivity contribution < 1.29 is 14.7 Å². The van der Waals surface area contributed by atoms with Gasteiger partial charge in [0.1, 0.15) is 0 Å². The molecule has 138 valence electrons. The Morgan fingerprint density at radius 1 is 1.40 bits per heavy atom. The number of aryl methyl sites for hydroxylation is 2. The van der Waals surface area contributed by atoms with Crippen molar-refractivity contribution in [2.45, 2.75) is 39.2 Å². The zero-order chi connectivity index (χ0) is 18.6. The van der Waals surface area contributed by atoms with Crippen molar-refractivity contribution in [2.24, 2.45) is 5.92 Å². The molecule has 2 amide bonds. The third kappa shape index (κ3) is 5.22. The number of benzene rings is 1. The van der Waals surface area contributed by atoms with Crippen LogP contribution in [-0.2, 0) is 9.59 Å². The van der Waals surface area contributed by atoms with Gasteiger partial charge in [-0.05, 0) is 62.5 Å². The third-order valence-corrected chi connectivity index (χ3v) is 5.40. The van der Waals surface area contributed by atoms with Crippen molar-refractivity contribution in [1.82, 2.24) is 5.32 Å². The first-order valence-corrected chi connectivity index (χ1v) is 9.99. The fourth-order valence-corrected chi connectivity index (χ4v) is 3.50. The van der Waals surface area contributed by atoms with Gasteiger partial charge < -0.3 is 15.3 Å². The van der Waals surface area contributed by atoms with E-state index in [1.165, 1.54) is 5.56 Å². The van der Waals surface area contributed by atoms with Gasteiger partial charge >= 0.3 is 0 Å². The predicted molar refractivity (Wildman–Crippen MR) is 103 cm³/mol. The Balaban J connectivity index is 1.95. The Morgan fingerprint density at radius 3 is 2.76 bits per heavy atom. The van der Waals surface area contributed by atoms with Gasteiger partial charge in [0.05, 0.1) is 11.5 Å². The maximum atomic E-state index is 12.4. The van der Waals surface area contributed by atoms with E-state index in [-0.39, 0.29) is 30.7 Å². The lowest BCUT2D eigenvalue weighted by Gasteiger charge is -2.24. The van der Waals surface area contributed by atoms with E-state index in [1.54, 1.807) is 23.6 Å². The highest BCUT2D eigenvalue weighted by molar-refractivity contribution is 7.98. The van der Waals surface area contributed by atoms with E-state index in [1.807, 2.05) is 38.3 Å². The number of aliphatic hydroxyl groups is 1. The van der Waals surface area contributed by atoms with E-state index in [2.05, 4.69) is 5.32 Å². The number of carbonyl (C=O) groups is 2. The summed E-state index contributed by atoms with van der Waals surface area (Å²) in [6, 6.07) is 5.91. The topological polar surface area (TPSA) is 69.6 Å². The van der Waals surface area contributed by atoms with Crippen LogP contribution in [0.5, 0.6) is 0 Å². The first-order chi connectivity index (χ1) is 11.7. The van der Waals surface area contributed by atoms with Crippen molar-refractivity contribution in [1.29, 1.82) is 0 Å². The molecule has 0 bridgehead atoms. The average Bonchev–Trinajstić information content (AvgIpc) is 2.95. The lowest BCUT2D eigenvalue weighted by atomic mass is 10.0. The summed E-state index contributed by atoms with van der Waals surface area (Å²) in [6.45, 7) is 6.37. The first kappa shape index (κ1) is 19.8. The highest BCUT2D eigenvalue weighted by atomic mass is 32.2. The Labute approximate surface area is 154 Å². The van der Waals surface area contributed by atoms with E-state index in [4.69, 9.17) is 0 Å². The number of hydrogen-bond acceptors (Lipinski definition) is 4.